The van der Waals surface area contributed by atoms with Gasteiger partial charge in [-0.05, 0) is 18.2 Å². The van der Waals surface area contributed by atoms with Crippen LogP contribution in [0.2, 0.25) is 0 Å². The summed E-state index contributed by atoms with van der Waals surface area (Å²) in [5, 5.41) is 3.23. The van der Waals surface area contributed by atoms with E-state index in [1.54, 1.807) is 23.1 Å². The summed E-state index contributed by atoms with van der Waals surface area (Å²) in [6.07, 6.45) is 6.35. The van der Waals surface area contributed by atoms with Crippen molar-refractivity contribution in [2.45, 2.75) is 12.5 Å². The van der Waals surface area contributed by atoms with Crippen LogP contribution in [0.25, 0.3) is 22.5 Å². The van der Waals surface area contributed by atoms with Gasteiger partial charge < -0.3 is 4.42 Å². The topological polar surface area (TPSA) is 71.9 Å². The van der Waals surface area contributed by atoms with E-state index in [9.17, 15) is 9.18 Å². The fourth-order valence-corrected chi connectivity index (χ4v) is 3.47. The van der Waals surface area contributed by atoms with E-state index in [1.807, 2.05) is 36.4 Å². The van der Waals surface area contributed by atoms with Gasteiger partial charge in [0.1, 0.15) is 23.5 Å². The van der Waals surface area contributed by atoms with Crippen LogP contribution in [0, 0.1) is 5.82 Å². The smallest absolute Gasteiger partial charge is 0.359 e. The fraction of sp³-hybridized carbons (Fsp3) is 0.0909. The third-order valence-corrected chi connectivity index (χ3v) is 4.83. The van der Waals surface area contributed by atoms with Gasteiger partial charge in [-0.25, -0.2) is 14.2 Å². The van der Waals surface area contributed by atoms with Crippen LogP contribution in [0.3, 0.4) is 0 Å². The van der Waals surface area contributed by atoms with E-state index in [-0.39, 0.29) is 5.91 Å². The molecule has 4 aromatic rings. The number of benzene rings is 1. The van der Waals surface area contributed by atoms with E-state index in [0.29, 0.717) is 35.0 Å². The summed E-state index contributed by atoms with van der Waals surface area (Å²) in [6.45, 7) is 0. The highest BCUT2D eigenvalue weighted by Gasteiger charge is 2.42. The molecular formula is C22H16FN4O2+. The van der Waals surface area contributed by atoms with Crippen molar-refractivity contribution in [3.63, 3.8) is 0 Å². The number of halogens is 1. The number of fused-ring (bicyclic) bond motifs is 1. The van der Waals surface area contributed by atoms with Gasteiger partial charge in [-0.3, -0.25) is 10.3 Å². The number of rotatable bonds is 4. The number of nitrogens with zero attached hydrogens (tertiary/aromatic N) is 3. The van der Waals surface area contributed by atoms with Crippen LogP contribution >= 0.6 is 0 Å². The molecule has 1 aliphatic heterocycles. The maximum atomic E-state index is 13.8. The zero-order valence-corrected chi connectivity index (χ0v) is 15.2. The van der Waals surface area contributed by atoms with Crippen molar-refractivity contribution in [2.24, 2.45) is 0 Å². The highest BCUT2D eigenvalue weighted by Crippen LogP contribution is 2.30. The lowest BCUT2D eigenvalue weighted by Gasteiger charge is -2.06. The molecule has 0 spiro atoms. The van der Waals surface area contributed by atoms with Crippen molar-refractivity contribution in [3.05, 3.63) is 85.0 Å². The molecule has 0 aliphatic carbocycles. The number of pyridine rings is 1. The van der Waals surface area contributed by atoms with E-state index in [1.165, 1.54) is 12.3 Å². The normalized spacial score (nSPS) is 15.2. The summed E-state index contributed by atoms with van der Waals surface area (Å²) in [7, 11) is 0. The Balaban J connectivity index is 1.64. The van der Waals surface area contributed by atoms with Gasteiger partial charge in [0.05, 0.1) is 18.9 Å². The molecule has 3 aromatic heterocycles. The molecule has 1 unspecified atom stereocenters. The number of nitrogens with one attached hydrogen (secondary N) is 1. The minimum atomic E-state index is -0.505. The number of hydrogen-bond donors (Lipinski definition) is 1. The summed E-state index contributed by atoms with van der Waals surface area (Å²) >= 11 is 0. The van der Waals surface area contributed by atoms with Crippen molar-refractivity contribution >= 4 is 11.7 Å². The zero-order chi connectivity index (χ0) is 19.8. The van der Waals surface area contributed by atoms with Crippen LogP contribution in [0.5, 0.6) is 0 Å². The van der Waals surface area contributed by atoms with Crippen molar-refractivity contribution < 1.29 is 18.2 Å². The van der Waals surface area contributed by atoms with E-state index in [4.69, 9.17) is 9.40 Å². The Morgan fingerprint density at radius 3 is 2.72 bits per heavy atom. The number of aromatic nitrogens is 3. The molecule has 29 heavy (non-hydrogen) atoms. The summed E-state index contributed by atoms with van der Waals surface area (Å²) < 4.78 is 20.8. The quantitative estimate of drug-likeness (QED) is 0.543. The van der Waals surface area contributed by atoms with Gasteiger partial charge in [0.15, 0.2) is 5.69 Å². The van der Waals surface area contributed by atoms with Gasteiger partial charge in [-0.15, -0.1) is 0 Å². The Kier molecular flexibility index (Phi) is 4.13. The standard InChI is InChI=1S/C22H15FN4O2/c23-16-9-15(11-24-12-16)20-21-26-18(10-17-7-4-8-29-17)22(28)27(21)13-19(25-20)14-5-2-1-3-6-14/h1-9,11-13,18H,10H2/p+1. The molecule has 6 nitrogen and oxygen atoms in total. The number of furan rings is 1. The lowest BCUT2D eigenvalue weighted by Crippen LogP contribution is -2.43. The van der Waals surface area contributed by atoms with Gasteiger partial charge in [0.25, 0.3) is 0 Å². The molecular weight excluding hydrogens is 371 g/mol. The van der Waals surface area contributed by atoms with E-state index >= 15 is 0 Å². The van der Waals surface area contributed by atoms with Crippen LogP contribution in [0.4, 0.5) is 10.2 Å². The Morgan fingerprint density at radius 1 is 1.10 bits per heavy atom. The molecule has 7 heteroatoms. The minimum Gasteiger partial charge on any atom is -0.469 e. The molecule has 1 atom stereocenters. The fourth-order valence-electron chi connectivity index (χ4n) is 3.47. The van der Waals surface area contributed by atoms with E-state index in [0.717, 1.165) is 11.8 Å². The molecule has 5 rings (SSSR count). The Hall–Kier alpha value is -3.87. The molecule has 1 aliphatic rings. The molecule has 0 amide bonds. The molecule has 142 valence electrons. The van der Waals surface area contributed by atoms with Gasteiger partial charge in [-0.2, -0.15) is 4.57 Å². The number of hydrogen-bond acceptors (Lipinski definition) is 5. The Morgan fingerprint density at radius 2 is 1.97 bits per heavy atom. The molecule has 4 heterocycles. The largest absolute Gasteiger partial charge is 0.469 e. The highest BCUT2D eigenvalue weighted by atomic mass is 19.1. The van der Waals surface area contributed by atoms with Crippen LogP contribution in [0.1, 0.15) is 10.6 Å². The second-order valence-corrected chi connectivity index (χ2v) is 6.77. The van der Waals surface area contributed by atoms with Crippen molar-refractivity contribution in [2.75, 3.05) is 5.32 Å². The monoisotopic (exact) mass is 387 g/mol. The Bertz CT molecular complexity index is 1190. The van der Waals surface area contributed by atoms with Crippen LogP contribution < -0.4 is 9.88 Å². The first-order valence-corrected chi connectivity index (χ1v) is 9.15. The van der Waals surface area contributed by atoms with Gasteiger partial charge in [0.2, 0.25) is 6.04 Å². The molecule has 0 saturated heterocycles. The third kappa shape index (κ3) is 3.16. The van der Waals surface area contributed by atoms with Crippen LogP contribution in [-0.4, -0.2) is 21.9 Å². The first-order valence-electron chi connectivity index (χ1n) is 9.15. The number of carbonyl (C=O) groups excluding carboxylic acids is 1. The second kappa shape index (κ2) is 6.94. The molecule has 0 radical (unpaired) electrons. The van der Waals surface area contributed by atoms with Crippen molar-refractivity contribution in [1.29, 1.82) is 0 Å². The zero-order valence-electron chi connectivity index (χ0n) is 15.2. The molecule has 1 N–H and O–H groups in total. The Labute approximate surface area is 165 Å². The van der Waals surface area contributed by atoms with Gasteiger partial charge >= 0.3 is 11.7 Å². The SMILES string of the molecule is O=C1C(Cc2ccco2)Nc2c(-c3cncc(F)c3)nc(-c3ccccc3)c[n+]21. The first kappa shape index (κ1) is 17.2. The summed E-state index contributed by atoms with van der Waals surface area (Å²) in [4.78, 5) is 21.8. The first-order chi connectivity index (χ1) is 14.2. The predicted octanol–water partition coefficient (Wildman–Crippen LogP) is 3.51. The molecule has 0 saturated carbocycles. The molecule has 1 aromatic carbocycles. The number of carbonyl (C=O) groups is 1. The summed E-state index contributed by atoms with van der Waals surface area (Å²) in [6, 6.07) is 14.0. The maximum Gasteiger partial charge on any atom is 0.359 e. The van der Waals surface area contributed by atoms with E-state index in [2.05, 4.69) is 10.3 Å². The van der Waals surface area contributed by atoms with Crippen LogP contribution in [-0.2, 0) is 6.42 Å². The molecule has 0 fully saturated rings. The second-order valence-electron chi connectivity index (χ2n) is 6.77. The third-order valence-electron chi connectivity index (χ3n) is 4.83. The van der Waals surface area contributed by atoms with Gasteiger partial charge in [0, 0.05) is 17.3 Å². The average molecular weight is 387 g/mol. The highest BCUT2D eigenvalue weighted by molar-refractivity contribution is 5.86. The average Bonchev–Trinajstić information content (AvgIpc) is 3.37. The minimum absolute atomic E-state index is 0.124. The lowest BCUT2D eigenvalue weighted by atomic mass is 10.1. The van der Waals surface area contributed by atoms with E-state index < -0.39 is 11.9 Å². The number of anilines is 1. The predicted molar refractivity (Wildman–Crippen MR) is 104 cm³/mol. The summed E-state index contributed by atoms with van der Waals surface area (Å²) in [5.41, 5.74) is 2.43. The van der Waals surface area contributed by atoms with Gasteiger partial charge in [-0.1, -0.05) is 30.3 Å². The molecule has 0 bridgehead atoms. The van der Waals surface area contributed by atoms with Crippen molar-refractivity contribution in [1.82, 2.24) is 9.97 Å². The lowest BCUT2D eigenvalue weighted by molar-refractivity contribution is -0.551. The summed E-state index contributed by atoms with van der Waals surface area (Å²) in [5.74, 6) is 0.624. The van der Waals surface area contributed by atoms with Crippen LogP contribution in [0.15, 0.2) is 77.8 Å². The maximum absolute atomic E-state index is 13.8. The van der Waals surface area contributed by atoms with Crippen molar-refractivity contribution in [3.8, 4) is 22.5 Å².